The zero-order valence-corrected chi connectivity index (χ0v) is 6.69. The number of rotatable bonds is 3. The third kappa shape index (κ3) is 0.619. The van der Waals surface area contributed by atoms with E-state index in [0.717, 1.165) is 5.41 Å². The molecule has 0 heterocycles. The molecule has 0 aromatic rings. The van der Waals surface area contributed by atoms with Gasteiger partial charge in [0.1, 0.15) is 0 Å². The van der Waals surface area contributed by atoms with Gasteiger partial charge in [-0.2, -0.15) is 0 Å². The van der Waals surface area contributed by atoms with E-state index in [1.165, 1.54) is 32.1 Å². The average molecular weight is 140 g/mol. The Bertz CT molecular complexity index is 131. The van der Waals surface area contributed by atoms with Gasteiger partial charge in [0.15, 0.2) is 0 Å². The van der Waals surface area contributed by atoms with Gasteiger partial charge in [-0.05, 0) is 36.5 Å². The molecule has 3 rings (SSSR count). The fraction of sp³-hybridized carbons (Fsp3) is 1.00. The number of hydrogen-bond acceptors (Lipinski definition) is 1. The minimum atomic E-state index is 0.426. The number of hydrogen-bond donors (Lipinski definition) is 1. The molecule has 3 fully saturated rings. The van der Waals surface area contributed by atoms with Gasteiger partial charge in [0.05, 0.1) is 0 Å². The molecule has 1 heteroatoms. The smallest absolute Gasteiger partial charge is 0.0488 e. The Morgan fingerprint density at radius 1 is 1.20 bits per heavy atom. The first-order valence-corrected chi connectivity index (χ1v) is 4.35. The van der Waals surface area contributed by atoms with Crippen molar-refractivity contribution in [3.05, 3.63) is 0 Å². The van der Waals surface area contributed by atoms with Crippen molar-refractivity contribution in [1.82, 2.24) is 0 Å². The van der Waals surface area contributed by atoms with Crippen molar-refractivity contribution in [3.63, 3.8) is 0 Å². The molecule has 2 bridgehead atoms. The maximum Gasteiger partial charge on any atom is 0.0488 e. The van der Waals surface area contributed by atoms with Crippen LogP contribution in [0.15, 0.2) is 0 Å². The van der Waals surface area contributed by atoms with E-state index in [1.54, 1.807) is 0 Å². The molecular weight excluding hydrogens is 124 g/mol. The first-order chi connectivity index (χ1) is 4.74. The fourth-order valence-corrected chi connectivity index (χ4v) is 3.19. The molecule has 0 aromatic heterocycles. The van der Waals surface area contributed by atoms with Crippen LogP contribution in [0.4, 0.5) is 0 Å². The predicted octanol–water partition coefficient (Wildman–Crippen LogP) is 1.95. The van der Waals surface area contributed by atoms with Crippen molar-refractivity contribution in [3.8, 4) is 0 Å². The van der Waals surface area contributed by atoms with E-state index in [4.69, 9.17) is 5.11 Å². The zero-order valence-electron chi connectivity index (χ0n) is 6.69. The second-order valence-electron chi connectivity index (χ2n) is 4.44. The number of aliphatic hydroxyl groups excluding tert-OH is 1. The third-order valence-corrected chi connectivity index (χ3v) is 3.37. The second-order valence-corrected chi connectivity index (χ2v) is 4.44. The Hall–Kier alpha value is -0.0400. The molecule has 0 aromatic carbocycles. The molecule has 1 nitrogen and oxygen atoms in total. The maximum atomic E-state index is 8.97. The lowest BCUT2D eigenvalue weighted by Gasteiger charge is -2.70. The first kappa shape index (κ1) is 6.66. The summed E-state index contributed by atoms with van der Waals surface area (Å²) in [5, 5.41) is 8.97. The standard InChI is InChI=1S/C9H16O/c1-2-3-8-4-9(5-8,6-8)7-10/h10H,2-7H2,1H3. The summed E-state index contributed by atoms with van der Waals surface area (Å²) in [6.45, 7) is 2.70. The summed E-state index contributed by atoms with van der Waals surface area (Å²) in [6, 6.07) is 0. The molecule has 0 atom stereocenters. The second kappa shape index (κ2) is 1.76. The van der Waals surface area contributed by atoms with Gasteiger partial charge >= 0.3 is 0 Å². The summed E-state index contributed by atoms with van der Waals surface area (Å²) >= 11 is 0. The Labute approximate surface area is 62.4 Å². The zero-order chi connectivity index (χ0) is 7.24. The lowest BCUT2D eigenvalue weighted by atomic mass is 9.34. The van der Waals surface area contributed by atoms with E-state index in [0.29, 0.717) is 12.0 Å². The van der Waals surface area contributed by atoms with E-state index in [9.17, 15) is 0 Å². The number of aliphatic hydroxyl groups is 1. The molecule has 0 spiro atoms. The van der Waals surface area contributed by atoms with Gasteiger partial charge in [0.25, 0.3) is 0 Å². The van der Waals surface area contributed by atoms with Gasteiger partial charge in [0, 0.05) is 6.61 Å². The molecule has 0 amide bonds. The van der Waals surface area contributed by atoms with Crippen molar-refractivity contribution in [1.29, 1.82) is 0 Å². The molecule has 58 valence electrons. The van der Waals surface area contributed by atoms with Crippen LogP contribution in [0.1, 0.15) is 39.0 Å². The van der Waals surface area contributed by atoms with Gasteiger partial charge < -0.3 is 5.11 Å². The summed E-state index contributed by atoms with van der Waals surface area (Å²) in [4.78, 5) is 0. The summed E-state index contributed by atoms with van der Waals surface area (Å²) in [5.41, 5.74) is 1.15. The topological polar surface area (TPSA) is 20.2 Å². The van der Waals surface area contributed by atoms with Crippen molar-refractivity contribution >= 4 is 0 Å². The summed E-state index contributed by atoms with van der Waals surface area (Å²) in [6.07, 6.45) is 6.69. The molecular formula is C9H16O. The van der Waals surface area contributed by atoms with E-state index >= 15 is 0 Å². The molecule has 0 radical (unpaired) electrons. The minimum absolute atomic E-state index is 0.426. The van der Waals surface area contributed by atoms with Crippen LogP contribution < -0.4 is 0 Å². The largest absolute Gasteiger partial charge is 0.396 e. The molecule has 3 saturated carbocycles. The van der Waals surface area contributed by atoms with Crippen LogP contribution in [0.25, 0.3) is 0 Å². The van der Waals surface area contributed by atoms with E-state index in [-0.39, 0.29) is 0 Å². The van der Waals surface area contributed by atoms with Gasteiger partial charge in [-0.25, -0.2) is 0 Å². The summed E-state index contributed by atoms with van der Waals surface area (Å²) < 4.78 is 0. The maximum absolute atomic E-state index is 8.97. The Kier molecular flexibility index (Phi) is 1.17. The quantitative estimate of drug-likeness (QED) is 0.635. The Balaban J connectivity index is 1.86. The highest BCUT2D eigenvalue weighted by atomic mass is 16.3. The highest BCUT2D eigenvalue weighted by molar-refractivity contribution is 5.16. The van der Waals surface area contributed by atoms with Crippen LogP contribution >= 0.6 is 0 Å². The lowest BCUT2D eigenvalue weighted by Crippen LogP contribution is -2.63. The van der Waals surface area contributed by atoms with Crippen molar-refractivity contribution in [2.24, 2.45) is 10.8 Å². The average Bonchev–Trinajstić information content (AvgIpc) is 1.74. The van der Waals surface area contributed by atoms with Crippen molar-refractivity contribution in [2.45, 2.75) is 39.0 Å². The Morgan fingerprint density at radius 2 is 1.80 bits per heavy atom. The van der Waals surface area contributed by atoms with Crippen molar-refractivity contribution in [2.75, 3.05) is 6.61 Å². The van der Waals surface area contributed by atoms with Crippen LogP contribution in [0.5, 0.6) is 0 Å². The lowest BCUT2D eigenvalue weighted by molar-refractivity contribution is -0.226. The van der Waals surface area contributed by atoms with Crippen LogP contribution in [-0.4, -0.2) is 11.7 Å². The van der Waals surface area contributed by atoms with Gasteiger partial charge in [-0.1, -0.05) is 13.3 Å². The van der Waals surface area contributed by atoms with E-state index < -0.39 is 0 Å². The molecule has 0 aliphatic heterocycles. The molecule has 3 aliphatic rings. The normalized spacial score (nSPS) is 49.8. The third-order valence-electron chi connectivity index (χ3n) is 3.37. The highest BCUT2D eigenvalue weighted by Crippen LogP contribution is 2.74. The van der Waals surface area contributed by atoms with E-state index in [1.807, 2.05) is 0 Å². The van der Waals surface area contributed by atoms with Crippen LogP contribution in [0.3, 0.4) is 0 Å². The van der Waals surface area contributed by atoms with Gasteiger partial charge in [-0.3, -0.25) is 0 Å². The Morgan fingerprint density at radius 3 is 2.20 bits per heavy atom. The summed E-state index contributed by atoms with van der Waals surface area (Å²) in [7, 11) is 0. The van der Waals surface area contributed by atoms with Crippen LogP contribution in [0.2, 0.25) is 0 Å². The minimum Gasteiger partial charge on any atom is -0.396 e. The van der Waals surface area contributed by atoms with E-state index in [2.05, 4.69) is 6.92 Å². The predicted molar refractivity (Wildman–Crippen MR) is 40.7 cm³/mol. The molecule has 0 unspecified atom stereocenters. The SMILES string of the molecule is CCCC12CC(CO)(C1)C2. The van der Waals surface area contributed by atoms with Crippen molar-refractivity contribution < 1.29 is 5.11 Å². The molecule has 0 saturated heterocycles. The van der Waals surface area contributed by atoms with Gasteiger partial charge in [-0.15, -0.1) is 0 Å². The fourth-order valence-electron chi connectivity index (χ4n) is 3.19. The van der Waals surface area contributed by atoms with Crippen LogP contribution in [-0.2, 0) is 0 Å². The van der Waals surface area contributed by atoms with Gasteiger partial charge in [0.2, 0.25) is 0 Å². The molecule has 1 N–H and O–H groups in total. The molecule has 3 aliphatic carbocycles. The summed E-state index contributed by atoms with van der Waals surface area (Å²) in [5.74, 6) is 0. The first-order valence-electron chi connectivity index (χ1n) is 4.35. The molecule has 10 heavy (non-hydrogen) atoms. The highest BCUT2D eigenvalue weighted by Gasteiger charge is 2.66. The monoisotopic (exact) mass is 140 g/mol. The van der Waals surface area contributed by atoms with Crippen LogP contribution in [0, 0.1) is 10.8 Å².